The lowest BCUT2D eigenvalue weighted by Gasteiger charge is -2.29. The van der Waals surface area contributed by atoms with Gasteiger partial charge in [0.2, 0.25) is 0 Å². The molecule has 2 fully saturated rings. The molecule has 1 saturated carbocycles. The number of carbonyl (C=O) groups is 4. The number of primary amides is 1. The van der Waals surface area contributed by atoms with Crippen LogP contribution >= 0.6 is 0 Å². The number of hydrogen-bond donors (Lipinski definition) is 3. The van der Waals surface area contributed by atoms with Crippen molar-refractivity contribution >= 4 is 56.8 Å². The second-order valence-electron chi connectivity index (χ2n) is 13.1. The van der Waals surface area contributed by atoms with Crippen LogP contribution in [0.1, 0.15) is 54.4 Å². The number of benzene rings is 3. The number of amides is 4. The SMILES string of the molecule is NC(=O)N1CCc2c1ccc1[nH]c(C(=O)N3CCc4c3ccc3[nH]c(C(=O)N5C[C@@H]6C[C@@]67C5=CC(=O)c5ccccc57)cc43)cc21. The molecule has 4 amide bonds. The Bertz CT molecular complexity index is 2310. The summed E-state index contributed by atoms with van der Waals surface area (Å²) in [6, 6.07) is 18.7. The Balaban J connectivity index is 0.961. The number of aromatic amines is 2. The van der Waals surface area contributed by atoms with Gasteiger partial charge in [0.05, 0.1) is 0 Å². The minimum absolute atomic E-state index is 0.0483. The van der Waals surface area contributed by atoms with Crippen LogP contribution in [0.5, 0.6) is 0 Å². The van der Waals surface area contributed by atoms with E-state index in [1.54, 1.807) is 20.8 Å². The summed E-state index contributed by atoms with van der Waals surface area (Å²) >= 11 is 0. The van der Waals surface area contributed by atoms with Crippen LogP contribution in [-0.4, -0.2) is 58.1 Å². The quantitative estimate of drug-likeness (QED) is 0.266. The van der Waals surface area contributed by atoms with Crippen LogP contribution < -0.4 is 15.5 Å². The molecule has 0 radical (unpaired) electrons. The van der Waals surface area contributed by atoms with E-state index in [4.69, 9.17) is 5.73 Å². The van der Waals surface area contributed by atoms with Gasteiger partial charge in [-0.3, -0.25) is 19.3 Å². The molecule has 2 atom stereocenters. The zero-order chi connectivity index (χ0) is 31.1. The molecule has 10 heteroatoms. The molecule has 5 aliphatic rings. The van der Waals surface area contributed by atoms with Crippen molar-refractivity contribution in [2.75, 3.05) is 29.4 Å². The van der Waals surface area contributed by atoms with Crippen molar-refractivity contribution < 1.29 is 19.2 Å². The first kappa shape index (κ1) is 25.7. The largest absolute Gasteiger partial charge is 0.351 e. The van der Waals surface area contributed by atoms with Gasteiger partial charge in [-0.15, -0.1) is 0 Å². The third-order valence-corrected chi connectivity index (χ3v) is 10.9. The summed E-state index contributed by atoms with van der Waals surface area (Å²) in [5, 5.41) is 1.85. The number of anilines is 2. The molecule has 1 spiro atoms. The highest BCUT2D eigenvalue weighted by Crippen LogP contribution is 2.66. The van der Waals surface area contributed by atoms with Crippen molar-refractivity contribution in [2.45, 2.75) is 24.7 Å². The Hall–Kier alpha value is -5.64. The number of rotatable bonds is 2. The van der Waals surface area contributed by atoms with E-state index in [9.17, 15) is 19.2 Å². The van der Waals surface area contributed by atoms with Gasteiger partial charge in [-0.1, -0.05) is 24.3 Å². The number of likely N-dealkylation sites (tertiary alicyclic amines) is 1. The molecule has 4 N–H and O–H groups in total. The third-order valence-electron chi connectivity index (χ3n) is 10.9. The third kappa shape index (κ3) is 3.15. The first-order valence-corrected chi connectivity index (χ1v) is 15.7. The molecule has 0 unspecified atom stereocenters. The van der Waals surface area contributed by atoms with Crippen LogP contribution in [0.25, 0.3) is 21.8 Å². The average Bonchev–Trinajstić information content (AvgIpc) is 3.68. The molecule has 3 aliphatic heterocycles. The number of aromatic nitrogens is 2. The van der Waals surface area contributed by atoms with Crippen molar-refractivity contribution in [3.05, 3.63) is 106 Å². The van der Waals surface area contributed by atoms with Crippen molar-refractivity contribution in [2.24, 2.45) is 11.7 Å². The second kappa shape index (κ2) is 8.54. The highest BCUT2D eigenvalue weighted by molar-refractivity contribution is 6.12. The fourth-order valence-corrected chi connectivity index (χ4v) is 8.76. The standard InChI is InChI=1S/C36H28N6O4/c37-35(46)41-12-10-20-23-13-27(38-26(23)6-8-30(20)41)33(44)40-11-9-19-22-14-28(39-25(22)5-7-29(19)40)34(45)42-17-18-16-36(18)24-4-2-1-3-21(24)31(43)15-32(36)42/h1-8,13-15,18,38-39H,9-12,16-17H2,(H2,37,46)/t18-,36+/m0/s1. The molecule has 10 nitrogen and oxygen atoms in total. The number of ketones is 1. The zero-order valence-corrected chi connectivity index (χ0v) is 24.7. The summed E-state index contributed by atoms with van der Waals surface area (Å²) in [5.41, 5.74) is 14.2. The number of nitrogens with zero attached hydrogens (tertiary/aromatic N) is 3. The van der Waals surface area contributed by atoms with Crippen LogP contribution in [-0.2, 0) is 18.3 Å². The van der Waals surface area contributed by atoms with E-state index >= 15 is 0 Å². The summed E-state index contributed by atoms with van der Waals surface area (Å²) in [7, 11) is 0. The minimum atomic E-state index is -0.479. The topological polar surface area (TPSA) is 136 Å². The normalized spacial score (nSPS) is 22.1. The summed E-state index contributed by atoms with van der Waals surface area (Å²) < 4.78 is 0. The van der Waals surface area contributed by atoms with Crippen LogP contribution in [0.3, 0.4) is 0 Å². The van der Waals surface area contributed by atoms with E-state index in [0.717, 1.165) is 67.6 Å². The highest BCUT2D eigenvalue weighted by atomic mass is 16.2. The zero-order valence-electron chi connectivity index (χ0n) is 24.7. The van der Waals surface area contributed by atoms with Gasteiger partial charge in [0, 0.05) is 75.6 Å². The van der Waals surface area contributed by atoms with E-state index in [1.807, 2.05) is 60.7 Å². The molecule has 1 saturated heterocycles. The van der Waals surface area contributed by atoms with Crippen LogP contribution in [0, 0.1) is 5.92 Å². The lowest BCUT2D eigenvalue weighted by molar-refractivity contribution is 0.0806. The summed E-state index contributed by atoms with van der Waals surface area (Å²) in [5.74, 6) is 0.00234. The number of nitrogens with one attached hydrogen (secondary N) is 2. The van der Waals surface area contributed by atoms with Gasteiger partial charge in [0.1, 0.15) is 11.4 Å². The number of H-pyrrole nitrogens is 2. The molecule has 2 aromatic heterocycles. The van der Waals surface area contributed by atoms with Gasteiger partial charge in [-0.05, 0) is 78.3 Å². The highest BCUT2D eigenvalue weighted by Gasteiger charge is 2.67. The number of piperidine rings is 1. The number of carbonyl (C=O) groups excluding carboxylic acids is 4. The molecule has 226 valence electrons. The Kier molecular flexibility index (Phi) is 4.76. The average molecular weight is 609 g/mol. The van der Waals surface area contributed by atoms with Crippen molar-refractivity contribution in [1.29, 1.82) is 0 Å². The van der Waals surface area contributed by atoms with E-state index < -0.39 is 6.03 Å². The number of allylic oxidation sites excluding steroid dienone is 2. The lowest BCUT2D eigenvalue weighted by Crippen LogP contribution is -2.33. The summed E-state index contributed by atoms with van der Waals surface area (Å²) in [6.07, 6.45) is 3.98. The number of nitrogens with two attached hydrogens (primary N) is 1. The molecule has 2 aliphatic carbocycles. The smallest absolute Gasteiger partial charge is 0.319 e. The number of fused-ring (bicyclic) bond motifs is 7. The van der Waals surface area contributed by atoms with Crippen molar-refractivity contribution in [3.8, 4) is 0 Å². The summed E-state index contributed by atoms with van der Waals surface area (Å²) in [6.45, 7) is 1.64. The Morgan fingerprint density at radius 3 is 2.07 bits per heavy atom. The first-order chi connectivity index (χ1) is 22.3. The number of urea groups is 1. The lowest BCUT2D eigenvalue weighted by atomic mass is 9.81. The molecule has 0 bridgehead atoms. The van der Waals surface area contributed by atoms with Gasteiger partial charge in [0.15, 0.2) is 5.78 Å². The molecule has 46 heavy (non-hydrogen) atoms. The first-order valence-electron chi connectivity index (χ1n) is 15.7. The minimum Gasteiger partial charge on any atom is -0.351 e. The van der Waals surface area contributed by atoms with E-state index in [-0.39, 0.29) is 23.0 Å². The van der Waals surface area contributed by atoms with Gasteiger partial charge in [-0.25, -0.2) is 4.79 Å². The fraction of sp³-hybridized carbons (Fsp3) is 0.222. The van der Waals surface area contributed by atoms with Gasteiger partial charge in [-0.2, -0.15) is 0 Å². The molecule has 3 aromatic carbocycles. The maximum atomic E-state index is 14.0. The monoisotopic (exact) mass is 608 g/mol. The Labute approximate surface area is 262 Å². The van der Waals surface area contributed by atoms with Crippen LogP contribution in [0.4, 0.5) is 16.2 Å². The van der Waals surface area contributed by atoms with Crippen LogP contribution in [0.2, 0.25) is 0 Å². The molecular weight excluding hydrogens is 580 g/mol. The maximum Gasteiger partial charge on any atom is 0.319 e. The van der Waals surface area contributed by atoms with E-state index in [1.165, 1.54) is 0 Å². The number of hydrogen-bond acceptors (Lipinski definition) is 4. The van der Waals surface area contributed by atoms with Crippen molar-refractivity contribution in [1.82, 2.24) is 14.9 Å². The Morgan fingerprint density at radius 1 is 0.783 bits per heavy atom. The van der Waals surface area contributed by atoms with Crippen LogP contribution in [0.15, 0.2) is 72.4 Å². The van der Waals surface area contributed by atoms with E-state index in [0.29, 0.717) is 49.8 Å². The molecular formula is C36H28N6O4. The van der Waals surface area contributed by atoms with Gasteiger partial charge >= 0.3 is 6.03 Å². The summed E-state index contributed by atoms with van der Waals surface area (Å²) in [4.78, 5) is 64.5. The second-order valence-corrected chi connectivity index (χ2v) is 13.1. The maximum absolute atomic E-state index is 14.0. The predicted molar refractivity (Wildman–Crippen MR) is 172 cm³/mol. The molecule has 10 rings (SSSR count). The molecule has 5 aromatic rings. The van der Waals surface area contributed by atoms with E-state index in [2.05, 4.69) is 9.97 Å². The fourth-order valence-electron chi connectivity index (χ4n) is 8.76. The van der Waals surface area contributed by atoms with Crippen molar-refractivity contribution in [3.63, 3.8) is 0 Å². The Morgan fingerprint density at radius 2 is 1.39 bits per heavy atom. The molecule has 5 heterocycles. The van der Waals surface area contributed by atoms with Gasteiger partial charge < -0.3 is 25.5 Å². The predicted octanol–water partition coefficient (Wildman–Crippen LogP) is 4.79. The van der Waals surface area contributed by atoms with Gasteiger partial charge in [0.25, 0.3) is 11.8 Å².